The highest BCUT2D eigenvalue weighted by atomic mass is 16.5. The number of esters is 1. The lowest BCUT2D eigenvalue weighted by atomic mass is 9.85. The van der Waals surface area contributed by atoms with Gasteiger partial charge in [-0.25, -0.2) is 4.79 Å². The van der Waals surface area contributed by atoms with E-state index >= 15 is 0 Å². The maximum absolute atomic E-state index is 12.3. The van der Waals surface area contributed by atoms with Gasteiger partial charge in [-0.05, 0) is 51.4 Å². The van der Waals surface area contributed by atoms with Crippen LogP contribution in [0.5, 0.6) is 0 Å². The number of rotatable bonds is 16. The number of hydrogen-bond donors (Lipinski definition) is 1. The molecule has 28 heavy (non-hydrogen) atoms. The summed E-state index contributed by atoms with van der Waals surface area (Å²) in [7, 11) is 0. The molecule has 1 aliphatic rings. The van der Waals surface area contributed by atoms with Crippen molar-refractivity contribution < 1.29 is 19.4 Å². The number of aliphatic hydroxyl groups is 1. The predicted octanol–water partition coefficient (Wildman–Crippen LogP) is 5.99. The molecule has 0 spiro atoms. The minimum absolute atomic E-state index is 0.255. The van der Waals surface area contributed by atoms with E-state index in [4.69, 9.17) is 4.74 Å². The molecule has 0 radical (unpaired) electrons. The Morgan fingerprint density at radius 2 is 1.64 bits per heavy atom. The van der Waals surface area contributed by atoms with Crippen LogP contribution in [0.25, 0.3) is 0 Å². The molecule has 0 aromatic carbocycles. The average Bonchev–Trinajstić information content (AvgIpc) is 3.04. The third kappa shape index (κ3) is 8.63. The minimum Gasteiger partial charge on any atom is -0.464 e. The zero-order chi connectivity index (χ0) is 20.8. The van der Waals surface area contributed by atoms with Crippen LogP contribution in [0.1, 0.15) is 117 Å². The van der Waals surface area contributed by atoms with E-state index in [-0.39, 0.29) is 5.92 Å². The SMILES string of the molecule is CCCCCCCC[C@H]1CCC(=O)[C@@H]1CCCCCC(O)(CC)C(=O)OCC. The third-order valence-electron chi connectivity index (χ3n) is 6.52. The second kappa shape index (κ2) is 14.1. The molecule has 0 saturated heterocycles. The van der Waals surface area contributed by atoms with E-state index in [1.165, 1.54) is 44.9 Å². The van der Waals surface area contributed by atoms with Crippen molar-refractivity contribution in [2.75, 3.05) is 6.61 Å². The Hall–Kier alpha value is -0.900. The van der Waals surface area contributed by atoms with Crippen LogP contribution >= 0.6 is 0 Å². The van der Waals surface area contributed by atoms with Crippen LogP contribution in [0.4, 0.5) is 0 Å². The second-order valence-electron chi connectivity index (χ2n) is 8.63. The molecule has 0 amide bonds. The summed E-state index contributed by atoms with van der Waals surface area (Å²) in [5, 5.41) is 10.5. The number of ketones is 1. The molecule has 1 fully saturated rings. The van der Waals surface area contributed by atoms with Gasteiger partial charge in [0.2, 0.25) is 0 Å². The Kier molecular flexibility index (Phi) is 12.7. The fraction of sp³-hybridized carbons (Fsp3) is 0.917. The quantitative estimate of drug-likeness (QED) is 0.257. The van der Waals surface area contributed by atoms with Gasteiger partial charge in [-0.2, -0.15) is 0 Å². The second-order valence-corrected chi connectivity index (χ2v) is 8.63. The lowest BCUT2D eigenvalue weighted by Crippen LogP contribution is -2.39. The first kappa shape index (κ1) is 25.1. The zero-order valence-corrected chi connectivity index (χ0v) is 18.6. The smallest absolute Gasteiger partial charge is 0.338 e. The van der Waals surface area contributed by atoms with Gasteiger partial charge in [-0.3, -0.25) is 4.79 Å². The summed E-state index contributed by atoms with van der Waals surface area (Å²) >= 11 is 0. The zero-order valence-electron chi connectivity index (χ0n) is 18.6. The van der Waals surface area contributed by atoms with E-state index < -0.39 is 11.6 Å². The van der Waals surface area contributed by atoms with Crippen LogP contribution in [0, 0.1) is 11.8 Å². The van der Waals surface area contributed by atoms with Crippen molar-refractivity contribution in [3.8, 4) is 0 Å². The maximum Gasteiger partial charge on any atom is 0.338 e. The molecule has 1 N–H and O–H groups in total. The van der Waals surface area contributed by atoms with E-state index in [0.29, 0.717) is 31.1 Å². The van der Waals surface area contributed by atoms with Gasteiger partial charge in [0, 0.05) is 12.3 Å². The molecule has 1 saturated carbocycles. The summed E-state index contributed by atoms with van der Waals surface area (Å²) in [4.78, 5) is 24.2. The molecule has 1 unspecified atom stereocenters. The molecule has 0 aromatic heterocycles. The first-order chi connectivity index (χ1) is 13.5. The van der Waals surface area contributed by atoms with E-state index in [1.807, 2.05) is 6.92 Å². The Morgan fingerprint density at radius 3 is 2.32 bits per heavy atom. The summed E-state index contributed by atoms with van der Waals surface area (Å²) in [6.45, 7) is 6.12. The number of unbranched alkanes of at least 4 members (excludes halogenated alkanes) is 7. The highest BCUT2D eigenvalue weighted by Gasteiger charge is 2.35. The van der Waals surface area contributed by atoms with Crippen molar-refractivity contribution in [3.05, 3.63) is 0 Å². The first-order valence-electron chi connectivity index (χ1n) is 11.9. The summed E-state index contributed by atoms with van der Waals surface area (Å²) in [5.74, 6) is 0.812. The largest absolute Gasteiger partial charge is 0.464 e. The molecule has 0 bridgehead atoms. The highest BCUT2D eigenvalue weighted by Crippen LogP contribution is 2.36. The lowest BCUT2D eigenvalue weighted by molar-refractivity contribution is -0.166. The molecule has 0 heterocycles. The molecule has 1 aliphatic carbocycles. The minimum atomic E-state index is -1.35. The Morgan fingerprint density at radius 1 is 1.00 bits per heavy atom. The van der Waals surface area contributed by atoms with Crippen LogP contribution in [-0.4, -0.2) is 29.1 Å². The van der Waals surface area contributed by atoms with E-state index in [0.717, 1.165) is 38.5 Å². The number of hydrogen-bond acceptors (Lipinski definition) is 4. The standard InChI is InChI=1S/C24H44O4/c1-4-7-8-9-10-12-15-20-17-18-22(25)21(20)16-13-11-14-19-24(27,5-2)23(26)28-6-3/h20-21,27H,4-19H2,1-3H3/t20-,21+,24?/m0/s1. The molecular formula is C24H44O4. The number of carbonyl (C=O) groups excluding carboxylic acids is 2. The molecule has 164 valence electrons. The molecule has 3 atom stereocenters. The topological polar surface area (TPSA) is 63.6 Å². The van der Waals surface area contributed by atoms with E-state index in [9.17, 15) is 14.7 Å². The van der Waals surface area contributed by atoms with Gasteiger partial charge in [0.25, 0.3) is 0 Å². The van der Waals surface area contributed by atoms with Gasteiger partial charge in [-0.15, -0.1) is 0 Å². The Labute approximate surface area is 172 Å². The van der Waals surface area contributed by atoms with E-state index in [2.05, 4.69) is 6.92 Å². The van der Waals surface area contributed by atoms with Crippen LogP contribution in [-0.2, 0) is 14.3 Å². The number of ether oxygens (including phenoxy) is 1. The summed E-state index contributed by atoms with van der Waals surface area (Å²) in [6.07, 6.45) is 15.5. The van der Waals surface area contributed by atoms with Crippen molar-refractivity contribution in [3.63, 3.8) is 0 Å². The highest BCUT2D eigenvalue weighted by molar-refractivity contribution is 5.83. The predicted molar refractivity (Wildman–Crippen MR) is 114 cm³/mol. The van der Waals surface area contributed by atoms with Gasteiger partial charge >= 0.3 is 5.97 Å². The summed E-state index contributed by atoms with van der Waals surface area (Å²) in [5.41, 5.74) is -1.35. The number of Topliss-reactive ketones (excluding diaryl/α,β-unsaturated/α-hetero) is 1. The van der Waals surface area contributed by atoms with Crippen molar-refractivity contribution in [2.24, 2.45) is 11.8 Å². The lowest BCUT2D eigenvalue weighted by Gasteiger charge is -2.24. The molecule has 1 rings (SSSR count). The first-order valence-corrected chi connectivity index (χ1v) is 11.9. The van der Waals surface area contributed by atoms with Gasteiger partial charge in [0.05, 0.1) is 6.61 Å². The van der Waals surface area contributed by atoms with Crippen molar-refractivity contribution in [2.45, 2.75) is 123 Å². The van der Waals surface area contributed by atoms with Crippen molar-refractivity contribution in [1.82, 2.24) is 0 Å². The van der Waals surface area contributed by atoms with Gasteiger partial charge in [0.15, 0.2) is 5.60 Å². The van der Waals surface area contributed by atoms with Crippen LogP contribution in [0.15, 0.2) is 0 Å². The fourth-order valence-corrected chi connectivity index (χ4v) is 4.55. The van der Waals surface area contributed by atoms with Gasteiger partial charge < -0.3 is 9.84 Å². The average molecular weight is 397 g/mol. The molecular weight excluding hydrogens is 352 g/mol. The molecule has 4 heteroatoms. The van der Waals surface area contributed by atoms with Gasteiger partial charge in [0.1, 0.15) is 5.78 Å². The van der Waals surface area contributed by atoms with Crippen molar-refractivity contribution >= 4 is 11.8 Å². The summed E-state index contributed by atoms with van der Waals surface area (Å²) < 4.78 is 5.00. The normalized spacial score (nSPS) is 21.6. The molecule has 0 aromatic rings. The van der Waals surface area contributed by atoms with Crippen LogP contribution in [0.3, 0.4) is 0 Å². The Balaban J connectivity index is 2.26. The maximum atomic E-state index is 12.3. The van der Waals surface area contributed by atoms with Gasteiger partial charge in [-0.1, -0.05) is 65.2 Å². The summed E-state index contributed by atoms with van der Waals surface area (Å²) in [6, 6.07) is 0. The number of carbonyl (C=O) groups is 2. The third-order valence-corrected chi connectivity index (χ3v) is 6.52. The van der Waals surface area contributed by atoms with Crippen LogP contribution < -0.4 is 0 Å². The molecule has 4 nitrogen and oxygen atoms in total. The Bertz CT molecular complexity index is 448. The molecule has 0 aliphatic heterocycles. The van der Waals surface area contributed by atoms with E-state index in [1.54, 1.807) is 6.92 Å². The van der Waals surface area contributed by atoms with Crippen molar-refractivity contribution in [1.29, 1.82) is 0 Å². The van der Waals surface area contributed by atoms with Crippen LogP contribution in [0.2, 0.25) is 0 Å². The monoisotopic (exact) mass is 396 g/mol. The fourth-order valence-electron chi connectivity index (χ4n) is 4.55.